The highest BCUT2D eigenvalue weighted by Gasteiger charge is 2.09. The van der Waals surface area contributed by atoms with Crippen LogP contribution in [0, 0.1) is 0 Å². The largest absolute Gasteiger partial charge is 0.351 e. The third-order valence-electron chi connectivity index (χ3n) is 3.25. The van der Waals surface area contributed by atoms with E-state index >= 15 is 0 Å². The lowest BCUT2D eigenvalue weighted by Crippen LogP contribution is -2.27. The Labute approximate surface area is 119 Å². The highest BCUT2D eigenvalue weighted by atomic mass is 16.1. The lowest BCUT2D eigenvalue weighted by Gasteiger charge is -2.13. The molecule has 4 N–H and O–H groups in total. The first-order valence-electron chi connectivity index (χ1n) is 6.60. The first-order valence-corrected chi connectivity index (χ1v) is 6.60. The molecular formula is C16H19N3O. The van der Waals surface area contributed by atoms with Gasteiger partial charge in [-0.1, -0.05) is 37.3 Å². The molecule has 2 aromatic rings. The van der Waals surface area contributed by atoms with Crippen molar-refractivity contribution in [3.63, 3.8) is 0 Å². The predicted molar refractivity (Wildman–Crippen MR) is 81.4 cm³/mol. The van der Waals surface area contributed by atoms with Crippen LogP contribution in [0.25, 0.3) is 0 Å². The number of benzene rings is 2. The molecule has 0 spiro atoms. The molecule has 0 fully saturated rings. The molecule has 0 aliphatic rings. The lowest BCUT2D eigenvalue weighted by atomic mass is 10.0. The van der Waals surface area contributed by atoms with E-state index in [0.717, 1.165) is 5.69 Å². The summed E-state index contributed by atoms with van der Waals surface area (Å²) in [5.41, 5.74) is 5.16. The van der Waals surface area contributed by atoms with Gasteiger partial charge in [0, 0.05) is 17.8 Å². The van der Waals surface area contributed by atoms with Crippen molar-refractivity contribution in [1.82, 2.24) is 5.32 Å². The fraction of sp³-hybridized carbons (Fsp3) is 0.188. The Hall–Kier alpha value is -2.33. The van der Waals surface area contributed by atoms with Crippen LogP contribution in [0.3, 0.4) is 0 Å². The van der Waals surface area contributed by atoms with Gasteiger partial charge >= 0.3 is 0 Å². The van der Waals surface area contributed by atoms with Gasteiger partial charge < -0.3 is 10.7 Å². The van der Waals surface area contributed by atoms with Crippen LogP contribution in [0.2, 0.25) is 0 Å². The summed E-state index contributed by atoms with van der Waals surface area (Å²) in [7, 11) is 0. The smallest absolute Gasteiger partial charge is 0.251 e. The number of nitrogens with two attached hydrogens (primary N) is 1. The predicted octanol–water partition coefficient (Wildman–Crippen LogP) is 2.51. The maximum Gasteiger partial charge on any atom is 0.251 e. The summed E-state index contributed by atoms with van der Waals surface area (Å²) in [6, 6.07) is 17.2. The van der Waals surface area contributed by atoms with Crippen molar-refractivity contribution < 1.29 is 4.79 Å². The molecule has 0 saturated heterocycles. The number of carbonyl (C=O) groups excluding carboxylic acids is 1. The van der Waals surface area contributed by atoms with E-state index in [1.54, 1.807) is 24.3 Å². The van der Waals surface area contributed by atoms with Crippen LogP contribution in [0.5, 0.6) is 0 Å². The van der Waals surface area contributed by atoms with Crippen molar-refractivity contribution in [3.8, 4) is 0 Å². The molecule has 1 atom stereocenters. The van der Waals surface area contributed by atoms with Crippen LogP contribution in [-0.2, 0) is 0 Å². The molecule has 1 unspecified atom stereocenters. The quantitative estimate of drug-likeness (QED) is 0.577. The van der Waals surface area contributed by atoms with E-state index in [0.29, 0.717) is 12.1 Å². The Bertz CT molecular complexity index is 552. The van der Waals surface area contributed by atoms with Gasteiger partial charge in [-0.3, -0.25) is 10.6 Å². The first-order chi connectivity index (χ1) is 9.70. The fourth-order valence-corrected chi connectivity index (χ4v) is 1.97. The van der Waals surface area contributed by atoms with E-state index in [1.165, 1.54) is 5.56 Å². The van der Waals surface area contributed by atoms with Crippen LogP contribution in [-0.4, -0.2) is 12.5 Å². The molecule has 0 aliphatic carbocycles. The lowest BCUT2D eigenvalue weighted by molar-refractivity contribution is 0.0951. The van der Waals surface area contributed by atoms with Gasteiger partial charge in [0.25, 0.3) is 5.91 Å². The van der Waals surface area contributed by atoms with Crippen LogP contribution in [0.4, 0.5) is 5.69 Å². The van der Waals surface area contributed by atoms with Crippen LogP contribution in [0.1, 0.15) is 28.8 Å². The zero-order chi connectivity index (χ0) is 14.4. The van der Waals surface area contributed by atoms with Crippen molar-refractivity contribution >= 4 is 11.6 Å². The molecule has 0 aliphatic heterocycles. The molecule has 0 bridgehead atoms. The van der Waals surface area contributed by atoms with Crippen molar-refractivity contribution in [2.24, 2.45) is 5.84 Å². The Morgan fingerprint density at radius 1 is 1.10 bits per heavy atom. The molecule has 2 aromatic carbocycles. The van der Waals surface area contributed by atoms with E-state index in [1.807, 2.05) is 18.2 Å². The van der Waals surface area contributed by atoms with E-state index < -0.39 is 0 Å². The number of nitrogens with one attached hydrogen (secondary N) is 2. The average Bonchev–Trinajstić information content (AvgIpc) is 2.53. The summed E-state index contributed by atoms with van der Waals surface area (Å²) in [4.78, 5) is 12.0. The summed E-state index contributed by atoms with van der Waals surface area (Å²) < 4.78 is 0. The molecule has 0 heterocycles. The fourth-order valence-electron chi connectivity index (χ4n) is 1.97. The van der Waals surface area contributed by atoms with Crippen molar-refractivity contribution in [2.45, 2.75) is 12.8 Å². The van der Waals surface area contributed by atoms with Crippen molar-refractivity contribution in [3.05, 3.63) is 65.7 Å². The Morgan fingerprint density at radius 3 is 2.35 bits per heavy atom. The number of carbonyl (C=O) groups is 1. The normalized spacial score (nSPS) is 11.7. The molecule has 4 heteroatoms. The molecule has 20 heavy (non-hydrogen) atoms. The minimum atomic E-state index is -0.0728. The van der Waals surface area contributed by atoms with E-state index in [4.69, 9.17) is 5.84 Å². The molecular weight excluding hydrogens is 250 g/mol. The SMILES string of the molecule is CC(CNC(=O)c1ccc(NN)cc1)c1ccccc1. The first kappa shape index (κ1) is 14.1. The number of hydrogen-bond acceptors (Lipinski definition) is 3. The van der Waals surface area contributed by atoms with E-state index in [2.05, 4.69) is 29.8 Å². The minimum Gasteiger partial charge on any atom is -0.351 e. The summed E-state index contributed by atoms with van der Waals surface area (Å²) >= 11 is 0. The highest BCUT2D eigenvalue weighted by molar-refractivity contribution is 5.94. The van der Waals surface area contributed by atoms with Gasteiger partial charge in [0.05, 0.1) is 0 Å². The van der Waals surface area contributed by atoms with E-state index in [-0.39, 0.29) is 11.8 Å². The zero-order valence-corrected chi connectivity index (χ0v) is 11.5. The van der Waals surface area contributed by atoms with E-state index in [9.17, 15) is 4.79 Å². The van der Waals surface area contributed by atoms with Gasteiger partial charge in [0.2, 0.25) is 0 Å². The maximum atomic E-state index is 12.0. The summed E-state index contributed by atoms with van der Waals surface area (Å²) in [6.07, 6.45) is 0. The monoisotopic (exact) mass is 269 g/mol. The van der Waals surface area contributed by atoms with Crippen molar-refractivity contribution in [1.29, 1.82) is 0 Å². The molecule has 0 aromatic heterocycles. The standard InChI is InChI=1S/C16H19N3O/c1-12(13-5-3-2-4-6-13)11-18-16(20)14-7-9-15(19-17)10-8-14/h2-10,12,19H,11,17H2,1H3,(H,18,20). The summed E-state index contributed by atoms with van der Waals surface area (Å²) in [5, 5.41) is 2.94. The summed E-state index contributed by atoms with van der Waals surface area (Å²) in [6.45, 7) is 2.71. The minimum absolute atomic E-state index is 0.0728. The number of hydrazine groups is 1. The maximum absolute atomic E-state index is 12.0. The zero-order valence-electron chi connectivity index (χ0n) is 11.5. The molecule has 0 saturated carbocycles. The number of rotatable bonds is 5. The Balaban J connectivity index is 1.91. The Kier molecular flexibility index (Phi) is 4.74. The average molecular weight is 269 g/mol. The second kappa shape index (κ2) is 6.73. The third-order valence-corrected chi connectivity index (χ3v) is 3.25. The molecule has 4 nitrogen and oxygen atoms in total. The molecule has 104 valence electrons. The second-order valence-electron chi connectivity index (χ2n) is 4.74. The second-order valence-corrected chi connectivity index (χ2v) is 4.74. The van der Waals surface area contributed by atoms with Crippen molar-refractivity contribution in [2.75, 3.05) is 12.0 Å². The topological polar surface area (TPSA) is 67.2 Å². The molecule has 2 rings (SSSR count). The summed E-state index contributed by atoms with van der Waals surface area (Å²) in [5.74, 6) is 5.50. The van der Waals surface area contributed by atoms with Gasteiger partial charge in [-0.05, 0) is 35.7 Å². The van der Waals surface area contributed by atoms with Gasteiger partial charge in [-0.25, -0.2) is 0 Å². The van der Waals surface area contributed by atoms with Gasteiger partial charge in [-0.2, -0.15) is 0 Å². The van der Waals surface area contributed by atoms with Crippen LogP contribution in [0.15, 0.2) is 54.6 Å². The molecule has 1 amide bonds. The van der Waals surface area contributed by atoms with Crippen LogP contribution < -0.4 is 16.6 Å². The van der Waals surface area contributed by atoms with Crippen LogP contribution >= 0.6 is 0 Å². The van der Waals surface area contributed by atoms with Gasteiger partial charge in [0.1, 0.15) is 0 Å². The number of hydrogen-bond donors (Lipinski definition) is 3. The number of nitrogen functional groups attached to an aromatic ring is 1. The number of amides is 1. The van der Waals surface area contributed by atoms with Gasteiger partial charge in [0.15, 0.2) is 0 Å². The third kappa shape index (κ3) is 3.59. The highest BCUT2D eigenvalue weighted by Crippen LogP contribution is 2.13. The number of anilines is 1. The molecule has 0 radical (unpaired) electrons. The Morgan fingerprint density at radius 2 is 1.75 bits per heavy atom. The van der Waals surface area contributed by atoms with Gasteiger partial charge in [-0.15, -0.1) is 0 Å².